The van der Waals surface area contributed by atoms with E-state index in [-0.39, 0.29) is 17.2 Å². The van der Waals surface area contributed by atoms with Crippen LogP contribution in [0, 0.1) is 5.41 Å². The molecule has 0 saturated heterocycles. The van der Waals surface area contributed by atoms with Gasteiger partial charge >= 0.3 is 0 Å². The van der Waals surface area contributed by atoms with Crippen LogP contribution in [0.15, 0.2) is 53.7 Å². The van der Waals surface area contributed by atoms with Gasteiger partial charge in [0.25, 0.3) is 5.91 Å². The van der Waals surface area contributed by atoms with Crippen LogP contribution in [0.3, 0.4) is 0 Å². The molecule has 7 heteroatoms. The van der Waals surface area contributed by atoms with Gasteiger partial charge in [0.2, 0.25) is 5.91 Å². The molecular formula is C21H24N4O2S. The Kier molecular flexibility index (Phi) is 6.04. The Hall–Kier alpha value is -2.80. The quantitative estimate of drug-likeness (QED) is 0.448. The van der Waals surface area contributed by atoms with Crippen molar-refractivity contribution in [2.75, 3.05) is 0 Å². The van der Waals surface area contributed by atoms with Gasteiger partial charge in [0.1, 0.15) is 0 Å². The highest BCUT2D eigenvalue weighted by molar-refractivity contribution is 7.98. The van der Waals surface area contributed by atoms with Crippen LogP contribution >= 0.6 is 11.8 Å². The van der Waals surface area contributed by atoms with Gasteiger partial charge in [-0.15, -0.1) is 0 Å². The van der Waals surface area contributed by atoms with Crippen molar-refractivity contribution in [1.82, 2.24) is 20.8 Å². The number of carbonyl (C=O) groups excluding carboxylic acids is 2. The number of amides is 2. The smallest absolute Gasteiger partial charge is 0.269 e. The van der Waals surface area contributed by atoms with Crippen molar-refractivity contribution in [3.05, 3.63) is 59.7 Å². The van der Waals surface area contributed by atoms with Gasteiger partial charge in [0.05, 0.1) is 11.0 Å². The predicted octanol–water partition coefficient (Wildman–Crippen LogP) is 4.05. The van der Waals surface area contributed by atoms with Crippen molar-refractivity contribution in [1.29, 1.82) is 0 Å². The molecule has 0 saturated carbocycles. The maximum atomic E-state index is 12.2. The number of nitrogens with one attached hydrogen (secondary N) is 3. The van der Waals surface area contributed by atoms with Crippen LogP contribution in [0.5, 0.6) is 0 Å². The van der Waals surface area contributed by atoms with E-state index in [2.05, 4.69) is 20.8 Å². The minimum Gasteiger partial charge on any atom is -0.333 e. The Labute approximate surface area is 168 Å². The zero-order valence-corrected chi connectivity index (χ0v) is 17.0. The van der Waals surface area contributed by atoms with Gasteiger partial charge < -0.3 is 4.98 Å². The Bertz CT molecular complexity index is 941. The molecule has 146 valence electrons. The maximum absolute atomic E-state index is 12.2. The van der Waals surface area contributed by atoms with Crippen molar-refractivity contribution >= 4 is 34.6 Å². The molecule has 0 spiro atoms. The van der Waals surface area contributed by atoms with Crippen molar-refractivity contribution in [2.45, 2.75) is 38.1 Å². The first kappa shape index (κ1) is 19.9. The third kappa shape index (κ3) is 5.60. The number of para-hydroxylation sites is 2. The second-order valence-corrected chi connectivity index (χ2v) is 8.75. The Morgan fingerprint density at radius 1 is 1.04 bits per heavy atom. The number of H-pyrrole nitrogens is 1. The molecule has 0 radical (unpaired) electrons. The Morgan fingerprint density at radius 3 is 2.43 bits per heavy atom. The number of rotatable bonds is 5. The lowest BCUT2D eigenvalue weighted by molar-refractivity contribution is -0.123. The summed E-state index contributed by atoms with van der Waals surface area (Å²) in [5, 5.41) is 0.865. The van der Waals surface area contributed by atoms with Crippen molar-refractivity contribution in [3.8, 4) is 0 Å². The molecule has 0 bridgehead atoms. The Balaban J connectivity index is 1.51. The number of hydrogen-bond donors (Lipinski definition) is 3. The number of benzene rings is 2. The second kappa shape index (κ2) is 8.48. The van der Waals surface area contributed by atoms with Crippen LogP contribution in [0.2, 0.25) is 0 Å². The molecule has 6 nitrogen and oxygen atoms in total. The normalized spacial score (nSPS) is 11.4. The van der Waals surface area contributed by atoms with Crippen LogP contribution in [-0.2, 0) is 10.5 Å². The molecule has 0 unspecified atom stereocenters. The fraction of sp³-hybridized carbons (Fsp3) is 0.286. The number of aromatic amines is 1. The number of hydrogen-bond acceptors (Lipinski definition) is 4. The van der Waals surface area contributed by atoms with E-state index in [0.29, 0.717) is 12.0 Å². The number of nitrogens with zero attached hydrogens (tertiary/aromatic N) is 1. The first-order valence-corrected chi connectivity index (χ1v) is 10.0. The first-order valence-electron chi connectivity index (χ1n) is 9.06. The number of hydrazine groups is 1. The van der Waals surface area contributed by atoms with E-state index in [1.54, 1.807) is 23.9 Å². The molecule has 3 N–H and O–H groups in total. The lowest BCUT2D eigenvalue weighted by Crippen LogP contribution is -2.42. The summed E-state index contributed by atoms with van der Waals surface area (Å²) in [4.78, 5) is 31.8. The molecule has 3 aromatic rings. The van der Waals surface area contributed by atoms with E-state index in [9.17, 15) is 9.59 Å². The van der Waals surface area contributed by atoms with Crippen LogP contribution < -0.4 is 10.9 Å². The summed E-state index contributed by atoms with van der Waals surface area (Å²) in [6.45, 7) is 5.91. The van der Waals surface area contributed by atoms with Crippen LogP contribution in [0.1, 0.15) is 43.1 Å². The zero-order valence-electron chi connectivity index (χ0n) is 16.2. The summed E-state index contributed by atoms with van der Waals surface area (Å²) in [5.41, 5.74) is 8.33. The van der Waals surface area contributed by atoms with E-state index in [4.69, 9.17) is 0 Å². The topological polar surface area (TPSA) is 86.9 Å². The average Bonchev–Trinajstić information content (AvgIpc) is 3.06. The molecule has 3 rings (SSSR count). The van der Waals surface area contributed by atoms with Crippen LogP contribution in [0.4, 0.5) is 0 Å². The highest BCUT2D eigenvalue weighted by Gasteiger charge is 2.16. The number of aromatic nitrogens is 2. The number of imidazole rings is 1. The highest BCUT2D eigenvalue weighted by Crippen LogP contribution is 2.23. The fourth-order valence-electron chi connectivity index (χ4n) is 2.63. The van der Waals surface area contributed by atoms with E-state index in [1.165, 1.54) is 0 Å². The van der Waals surface area contributed by atoms with Crippen molar-refractivity contribution < 1.29 is 9.59 Å². The van der Waals surface area contributed by atoms with Gasteiger partial charge in [0.15, 0.2) is 5.16 Å². The Morgan fingerprint density at radius 2 is 1.75 bits per heavy atom. The zero-order chi connectivity index (χ0) is 20.1. The van der Waals surface area contributed by atoms with Crippen molar-refractivity contribution in [3.63, 3.8) is 0 Å². The predicted molar refractivity (Wildman–Crippen MR) is 112 cm³/mol. The minimum atomic E-state index is -0.334. The second-order valence-electron chi connectivity index (χ2n) is 7.78. The third-order valence-corrected chi connectivity index (χ3v) is 4.91. The number of thioether (sulfide) groups is 1. The third-order valence-electron chi connectivity index (χ3n) is 3.97. The molecule has 0 atom stereocenters. The van der Waals surface area contributed by atoms with E-state index in [0.717, 1.165) is 27.5 Å². The molecule has 0 aliphatic carbocycles. The van der Waals surface area contributed by atoms with E-state index >= 15 is 0 Å². The van der Waals surface area contributed by atoms with Crippen molar-refractivity contribution in [2.24, 2.45) is 5.41 Å². The van der Waals surface area contributed by atoms with Gasteiger partial charge in [0, 0.05) is 17.7 Å². The molecule has 2 amide bonds. The fourth-order valence-corrected chi connectivity index (χ4v) is 3.47. The van der Waals surface area contributed by atoms with Gasteiger partial charge in [-0.25, -0.2) is 4.98 Å². The number of carbonyl (C=O) groups is 2. The SMILES string of the molecule is CC(C)(C)CC(=O)NNC(=O)c1ccc(CSc2nc3ccccc3[nH]2)cc1. The molecule has 0 aliphatic heterocycles. The number of fused-ring (bicyclic) bond motifs is 1. The van der Waals surface area contributed by atoms with Gasteiger partial charge in [-0.05, 0) is 35.2 Å². The van der Waals surface area contributed by atoms with Crippen LogP contribution in [0.25, 0.3) is 11.0 Å². The summed E-state index contributed by atoms with van der Waals surface area (Å²) in [5.74, 6) is 0.197. The van der Waals surface area contributed by atoms with Gasteiger partial charge in [-0.1, -0.05) is 56.8 Å². The molecular weight excluding hydrogens is 372 g/mol. The van der Waals surface area contributed by atoms with E-state index in [1.807, 2.05) is 57.2 Å². The molecule has 0 fully saturated rings. The van der Waals surface area contributed by atoms with Gasteiger partial charge in [-0.3, -0.25) is 20.4 Å². The lowest BCUT2D eigenvalue weighted by atomic mass is 9.92. The maximum Gasteiger partial charge on any atom is 0.269 e. The van der Waals surface area contributed by atoms with E-state index < -0.39 is 0 Å². The molecule has 0 aliphatic rings. The summed E-state index contributed by atoms with van der Waals surface area (Å²) in [6.07, 6.45) is 0.339. The molecule has 2 aromatic carbocycles. The molecule has 1 aromatic heterocycles. The summed E-state index contributed by atoms with van der Waals surface area (Å²) in [6, 6.07) is 15.2. The van der Waals surface area contributed by atoms with Crippen LogP contribution in [-0.4, -0.2) is 21.8 Å². The summed E-state index contributed by atoms with van der Waals surface area (Å²) >= 11 is 1.61. The first-order chi connectivity index (χ1) is 13.3. The van der Waals surface area contributed by atoms with Gasteiger partial charge in [-0.2, -0.15) is 0 Å². The summed E-state index contributed by atoms with van der Waals surface area (Å²) < 4.78 is 0. The molecule has 1 heterocycles. The largest absolute Gasteiger partial charge is 0.333 e. The monoisotopic (exact) mass is 396 g/mol. The average molecular weight is 397 g/mol. The lowest BCUT2D eigenvalue weighted by Gasteiger charge is -2.17. The standard InChI is InChI=1S/C21H24N4O2S/c1-21(2,3)12-18(26)24-25-19(27)15-10-8-14(9-11-15)13-28-20-22-16-6-4-5-7-17(16)23-20/h4-11H,12-13H2,1-3H3,(H,22,23)(H,24,26)(H,25,27). The summed E-state index contributed by atoms with van der Waals surface area (Å²) in [7, 11) is 0. The molecule has 28 heavy (non-hydrogen) atoms. The highest BCUT2D eigenvalue weighted by atomic mass is 32.2. The minimum absolute atomic E-state index is 0.131.